The predicted octanol–water partition coefficient (Wildman–Crippen LogP) is 2.07. The van der Waals surface area contributed by atoms with Gasteiger partial charge in [0.2, 0.25) is 5.76 Å². The van der Waals surface area contributed by atoms with Gasteiger partial charge in [-0.15, -0.1) is 0 Å². The zero-order valence-electron chi connectivity index (χ0n) is 9.81. The highest BCUT2D eigenvalue weighted by atomic mass is 19.1. The van der Waals surface area contributed by atoms with Crippen LogP contribution < -0.4 is 5.32 Å². The van der Waals surface area contributed by atoms with Crippen molar-refractivity contribution < 1.29 is 23.6 Å². The molecule has 1 aromatic carbocycles. The van der Waals surface area contributed by atoms with Gasteiger partial charge >= 0.3 is 5.97 Å². The highest BCUT2D eigenvalue weighted by molar-refractivity contribution is 6.06. The number of carboxylic acids is 1. The summed E-state index contributed by atoms with van der Waals surface area (Å²) in [6.45, 7) is 1.61. The standard InChI is InChI=1S/C12H9FN2O4/c1-6-5-14-19-10(6)11(16)15-8-4-2-3-7(13)9(8)12(17)18/h2-5H,1H3,(H,15,16)(H,17,18). The molecule has 0 aliphatic carbocycles. The van der Waals surface area contributed by atoms with Crippen LogP contribution in [-0.4, -0.2) is 22.1 Å². The lowest BCUT2D eigenvalue weighted by atomic mass is 10.1. The average Bonchev–Trinajstić information content (AvgIpc) is 2.75. The maximum atomic E-state index is 13.4. The van der Waals surface area contributed by atoms with Gasteiger partial charge in [-0.2, -0.15) is 0 Å². The van der Waals surface area contributed by atoms with Crippen molar-refractivity contribution >= 4 is 17.6 Å². The number of aromatic nitrogens is 1. The van der Waals surface area contributed by atoms with Crippen LogP contribution >= 0.6 is 0 Å². The molecule has 19 heavy (non-hydrogen) atoms. The van der Waals surface area contributed by atoms with Gasteiger partial charge in [0.05, 0.1) is 11.9 Å². The number of rotatable bonds is 3. The van der Waals surface area contributed by atoms with Crippen molar-refractivity contribution in [2.24, 2.45) is 0 Å². The fraction of sp³-hybridized carbons (Fsp3) is 0.0833. The molecule has 0 unspecified atom stereocenters. The molecule has 1 aromatic heterocycles. The van der Waals surface area contributed by atoms with Crippen LogP contribution in [0.15, 0.2) is 28.9 Å². The minimum Gasteiger partial charge on any atom is -0.478 e. The van der Waals surface area contributed by atoms with E-state index in [2.05, 4.69) is 10.5 Å². The van der Waals surface area contributed by atoms with Gasteiger partial charge in [0.15, 0.2) is 0 Å². The summed E-state index contributed by atoms with van der Waals surface area (Å²) in [6, 6.07) is 3.58. The first-order chi connectivity index (χ1) is 9.00. The van der Waals surface area contributed by atoms with Crippen molar-refractivity contribution in [3.8, 4) is 0 Å². The molecule has 0 radical (unpaired) electrons. The van der Waals surface area contributed by atoms with Gasteiger partial charge in [-0.1, -0.05) is 11.2 Å². The Hall–Kier alpha value is -2.70. The first-order valence-corrected chi connectivity index (χ1v) is 5.25. The van der Waals surface area contributed by atoms with Crippen molar-refractivity contribution in [3.63, 3.8) is 0 Å². The largest absolute Gasteiger partial charge is 0.478 e. The predicted molar refractivity (Wildman–Crippen MR) is 62.6 cm³/mol. The quantitative estimate of drug-likeness (QED) is 0.885. The van der Waals surface area contributed by atoms with Gasteiger partial charge in [-0.25, -0.2) is 9.18 Å². The van der Waals surface area contributed by atoms with E-state index in [1.54, 1.807) is 6.92 Å². The Labute approximate surface area is 106 Å². The molecular weight excluding hydrogens is 255 g/mol. The van der Waals surface area contributed by atoms with E-state index in [1.807, 2.05) is 0 Å². The van der Waals surface area contributed by atoms with E-state index >= 15 is 0 Å². The lowest BCUT2D eigenvalue weighted by molar-refractivity contribution is 0.0693. The van der Waals surface area contributed by atoms with E-state index in [0.717, 1.165) is 6.07 Å². The summed E-state index contributed by atoms with van der Waals surface area (Å²) >= 11 is 0. The highest BCUT2D eigenvalue weighted by Crippen LogP contribution is 2.20. The number of carbonyl (C=O) groups excluding carboxylic acids is 1. The lowest BCUT2D eigenvalue weighted by Gasteiger charge is -2.07. The van der Waals surface area contributed by atoms with Gasteiger partial charge in [0, 0.05) is 5.56 Å². The van der Waals surface area contributed by atoms with Gasteiger partial charge in [0.1, 0.15) is 11.4 Å². The second-order valence-electron chi connectivity index (χ2n) is 3.76. The van der Waals surface area contributed by atoms with Crippen LogP contribution in [0.25, 0.3) is 0 Å². The molecule has 1 heterocycles. The minimum atomic E-state index is -1.47. The summed E-state index contributed by atoms with van der Waals surface area (Å²) < 4.78 is 18.1. The van der Waals surface area contributed by atoms with Crippen LogP contribution in [0.4, 0.5) is 10.1 Å². The van der Waals surface area contributed by atoms with Gasteiger partial charge < -0.3 is 14.9 Å². The molecule has 98 valence electrons. The van der Waals surface area contributed by atoms with Gasteiger partial charge in [-0.3, -0.25) is 4.79 Å². The molecule has 0 saturated carbocycles. The fourth-order valence-corrected chi connectivity index (χ4v) is 1.53. The molecule has 2 aromatic rings. The highest BCUT2D eigenvalue weighted by Gasteiger charge is 2.20. The third-order valence-corrected chi connectivity index (χ3v) is 2.43. The number of benzene rings is 1. The number of carbonyl (C=O) groups is 2. The van der Waals surface area contributed by atoms with Crippen molar-refractivity contribution in [2.75, 3.05) is 5.32 Å². The summed E-state index contributed by atoms with van der Waals surface area (Å²) in [7, 11) is 0. The molecule has 0 saturated heterocycles. The number of nitrogens with one attached hydrogen (secondary N) is 1. The van der Waals surface area contributed by atoms with Crippen LogP contribution in [0.1, 0.15) is 26.5 Å². The topological polar surface area (TPSA) is 92.4 Å². The van der Waals surface area contributed by atoms with E-state index < -0.39 is 23.3 Å². The van der Waals surface area contributed by atoms with Crippen LogP contribution in [-0.2, 0) is 0 Å². The number of halogens is 1. The van der Waals surface area contributed by atoms with Gasteiger partial charge in [0.25, 0.3) is 5.91 Å². The Bertz CT molecular complexity index is 651. The molecule has 0 fully saturated rings. The number of anilines is 1. The fourth-order valence-electron chi connectivity index (χ4n) is 1.53. The third-order valence-electron chi connectivity index (χ3n) is 2.43. The van der Waals surface area contributed by atoms with Crippen molar-refractivity contribution in [2.45, 2.75) is 6.92 Å². The Morgan fingerprint density at radius 2 is 2.16 bits per heavy atom. The zero-order chi connectivity index (χ0) is 14.0. The number of nitrogens with zero attached hydrogens (tertiary/aromatic N) is 1. The first-order valence-electron chi connectivity index (χ1n) is 5.25. The Kier molecular flexibility index (Phi) is 3.28. The summed E-state index contributed by atoms with van der Waals surface area (Å²) in [5.74, 6) is -3.15. The van der Waals surface area contributed by atoms with Crippen molar-refractivity contribution in [3.05, 3.63) is 47.1 Å². The Balaban J connectivity index is 2.35. The smallest absolute Gasteiger partial charge is 0.340 e. The van der Waals surface area contributed by atoms with Crippen LogP contribution in [0.5, 0.6) is 0 Å². The SMILES string of the molecule is Cc1cnoc1C(=O)Nc1cccc(F)c1C(=O)O. The molecule has 2 N–H and O–H groups in total. The molecule has 1 amide bonds. The maximum Gasteiger partial charge on any atom is 0.340 e. The molecule has 0 aliphatic rings. The number of amides is 1. The summed E-state index contributed by atoms with van der Waals surface area (Å²) in [4.78, 5) is 22.8. The second-order valence-corrected chi connectivity index (χ2v) is 3.76. The molecule has 0 aliphatic heterocycles. The molecule has 0 atom stereocenters. The summed E-state index contributed by atoms with van der Waals surface area (Å²) in [5, 5.41) is 14.6. The number of aryl methyl sites for hydroxylation is 1. The molecule has 2 rings (SSSR count). The summed E-state index contributed by atoms with van der Waals surface area (Å²) in [5.41, 5.74) is -0.257. The van der Waals surface area contributed by atoms with E-state index in [1.165, 1.54) is 18.3 Å². The van der Waals surface area contributed by atoms with Crippen molar-refractivity contribution in [1.82, 2.24) is 5.16 Å². The molecule has 7 heteroatoms. The third kappa shape index (κ3) is 2.44. The van der Waals surface area contributed by atoms with E-state index in [-0.39, 0.29) is 11.4 Å². The number of hydrogen-bond donors (Lipinski definition) is 2. The maximum absolute atomic E-state index is 13.4. The number of hydrogen-bond acceptors (Lipinski definition) is 4. The van der Waals surface area contributed by atoms with Crippen LogP contribution in [0, 0.1) is 12.7 Å². The molecule has 0 bridgehead atoms. The Morgan fingerprint density at radius 3 is 2.74 bits per heavy atom. The molecule has 6 nitrogen and oxygen atoms in total. The van der Waals surface area contributed by atoms with Crippen LogP contribution in [0.3, 0.4) is 0 Å². The minimum absolute atomic E-state index is 0.0550. The Morgan fingerprint density at radius 1 is 1.42 bits per heavy atom. The normalized spacial score (nSPS) is 10.2. The number of aromatic carboxylic acids is 1. The second kappa shape index (κ2) is 4.89. The van der Waals surface area contributed by atoms with E-state index in [0.29, 0.717) is 5.56 Å². The lowest BCUT2D eigenvalue weighted by Crippen LogP contribution is -2.16. The average molecular weight is 264 g/mol. The van der Waals surface area contributed by atoms with Crippen molar-refractivity contribution in [1.29, 1.82) is 0 Å². The molecule has 0 spiro atoms. The zero-order valence-corrected chi connectivity index (χ0v) is 9.81. The first kappa shape index (κ1) is 12.7. The number of carboxylic acid groups (broad SMARTS) is 1. The van der Waals surface area contributed by atoms with E-state index in [4.69, 9.17) is 9.63 Å². The van der Waals surface area contributed by atoms with Crippen LogP contribution in [0.2, 0.25) is 0 Å². The van der Waals surface area contributed by atoms with E-state index in [9.17, 15) is 14.0 Å². The monoisotopic (exact) mass is 264 g/mol. The summed E-state index contributed by atoms with van der Waals surface area (Å²) in [6.07, 6.45) is 1.35. The molecular formula is C12H9FN2O4. The van der Waals surface area contributed by atoms with Gasteiger partial charge in [-0.05, 0) is 19.1 Å².